The number of rotatable bonds is 2. The van der Waals surface area contributed by atoms with Crippen LogP contribution in [0.2, 0.25) is 5.02 Å². The van der Waals surface area contributed by atoms with Crippen LogP contribution in [0.3, 0.4) is 0 Å². The van der Waals surface area contributed by atoms with Crippen LogP contribution < -0.4 is 19.7 Å². The smallest absolute Gasteiger partial charge is 0.264 e. The van der Waals surface area contributed by atoms with Crippen molar-refractivity contribution >= 4 is 33.2 Å². The number of nitrogens with zero attached hydrogens (tertiary/aromatic N) is 3. The van der Waals surface area contributed by atoms with Crippen LogP contribution in [0.25, 0.3) is 0 Å². The number of amides is 1. The van der Waals surface area contributed by atoms with Crippen LogP contribution in [0, 0.1) is 23.7 Å². The molecule has 1 saturated carbocycles. The Bertz CT molecular complexity index is 1620. The molecule has 0 unspecified atom stereocenters. The summed E-state index contributed by atoms with van der Waals surface area (Å²) in [7, 11) is -3.87. The number of nitrogens with one attached hydrogen (secondary N) is 2. The number of piperazine rings is 2. The van der Waals surface area contributed by atoms with Gasteiger partial charge in [0.05, 0.1) is 10.9 Å². The van der Waals surface area contributed by atoms with E-state index in [4.69, 9.17) is 16.3 Å². The Morgan fingerprint density at radius 2 is 1.80 bits per heavy atom. The van der Waals surface area contributed by atoms with Crippen LogP contribution in [-0.4, -0.2) is 94.3 Å². The van der Waals surface area contributed by atoms with E-state index in [0.717, 1.165) is 119 Å². The number of benzene rings is 2. The quantitative estimate of drug-likeness (QED) is 0.416. The zero-order chi connectivity index (χ0) is 34.8. The van der Waals surface area contributed by atoms with Gasteiger partial charge < -0.3 is 19.9 Å². The summed E-state index contributed by atoms with van der Waals surface area (Å²) in [6, 6.07) is 12.0. The molecule has 3 fully saturated rings. The average Bonchev–Trinajstić information content (AvgIpc) is 3.12. The Balaban J connectivity index is 1.19. The summed E-state index contributed by atoms with van der Waals surface area (Å²) in [5.41, 5.74) is 3.55. The highest BCUT2D eigenvalue weighted by Crippen LogP contribution is 2.44. The highest BCUT2D eigenvalue weighted by molar-refractivity contribution is 7.90. The maximum absolute atomic E-state index is 13.6. The van der Waals surface area contributed by atoms with Gasteiger partial charge >= 0.3 is 0 Å². The fourth-order valence-corrected chi connectivity index (χ4v) is 10.7. The van der Waals surface area contributed by atoms with Crippen LogP contribution in [-0.2, 0) is 23.1 Å². The molecule has 274 valence electrons. The second kappa shape index (κ2) is 15.7. The first-order valence-electron chi connectivity index (χ1n) is 19.2. The molecule has 2 aromatic rings. The number of carbonyl (C=O) groups is 1. The number of fused-ring (bicyclic) bond motifs is 4. The van der Waals surface area contributed by atoms with E-state index in [1.54, 1.807) is 13.0 Å². The summed E-state index contributed by atoms with van der Waals surface area (Å²) < 4.78 is 36.0. The molecule has 9 nitrogen and oxygen atoms in total. The van der Waals surface area contributed by atoms with Gasteiger partial charge in [-0.3, -0.25) is 9.69 Å². The van der Waals surface area contributed by atoms with E-state index < -0.39 is 21.2 Å². The lowest BCUT2D eigenvalue weighted by atomic mass is 9.65. The maximum Gasteiger partial charge on any atom is 0.264 e. The molecule has 4 heterocycles. The number of ether oxygens (including phenoxy) is 1. The highest BCUT2D eigenvalue weighted by Gasteiger charge is 2.40. The van der Waals surface area contributed by atoms with E-state index in [2.05, 4.69) is 36.9 Å². The molecular formula is C39H56ClN5O4S. The van der Waals surface area contributed by atoms with Gasteiger partial charge in [0.15, 0.2) is 0 Å². The summed E-state index contributed by atoms with van der Waals surface area (Å²) in [5.74, 6) is 1.85. The Morgan fingerprint density at radius 3 is 2.64 bits per heavy atom. The summed E-state index contributed by atoms with van der Waals surface area (Å²) in [4.78, 5) is 21.4. The minimum Gasteiger partial charge on any atom is -0.487 e. The zero-order valence-electron chi connectivity index (χ0n) is 29.9. The van der Waals surface area contributed by atoms with Crippen molar-refractivity contribution in [1.82, 2.24) is 19.8 Å². The number of anilines is 1. The summed E-state index contributed by atoms with van der Waals surface area (Å²) >= 11 is 6.40. The van der Waals surface area contributed by atoms with Crippen LogP contribution >= 0.6 is 11.6 Å². The van der Waals surface area contributed by atoms with Gasteiger partial charge in [0.2, 0.25) is 10.0 Å². The van der Waals surface area contributed by atoms with E-state index in [1.807, 2.05) is 25.1 Å². The number of carbonyl (C=O) groups excluding carboxylic acids is 1. The van der Waals surface area contributed by atoms with Crippen molar-refractivity contribution in [1.29, 1.82) is 0 Å². The molecule has 0 spiro atoms. The van der Waals surface area contributed by atoms with Gasteiger partial charge in [0, 0.05) is 75.5 Å². The normalized spacial score (nSPS) is 31.4. The molecule has 11 heteroatoms. The molecule has 1 aliphatic carbocycles. The molecular weight excluding hydrogens is 670 g/mol. The summed E-state index contributed by atoms with van der Waals surface area (Å²) in [6.45, 7) is 13.8. The first-order chi connectivity index (χ1) is 24.1. The van der Waals surface area contributed by atoms with Crippen LogP contribution in [0.1, 0.15) is 80.3 Å². The number of sulfonamides is 1. The molecule has 0 aromatic heterocycles. The van der Waals surface area contributed by atoms with Gasteiger partial charge in [-0.15, -0.1) is 0 Å². The topological polar surface area (TPSA) is 94.2 Å². The Labute approximate surface area is 304 Å². The standard InChI is InChI=1S/C39H56ClN5O4S/c1-27-6-5-8-31(23-43-18-19-44-17-15-41-22-35(44)25-43)36-13-10-32(36)24-45-16-4-3-7-29-20-34(40)12-9-33(29)26-49-38-14-11-30(21-37(38)45)39(46)42-50(47,48)28(27)2/h9,11-12,14,20-21,27-28,31-32,35-36,41H,3-8,10,13,15-19,22-26H2,1-2H3,(H,42,46)/t27-,28+,31-,32-,35+,36-/m0/s1. The van der Waals surface area contributed by atoms with Gasteiger partial charge in [-0.25, -0.2) is 13.1 Å². The number of hydrogen-bond acceptors (Lipinski definition) is 8. The van der Waals surface area contributed by atoms with Crippen molar-refractivity contribution in [2.24, 2.45) is 23.7 Å². The van der Waals surface area contributed by atoms with E-state index in [0.29, 0.717) is 36.0 Å². The molecule has 5 aliphatic rings. The van der Waals surface area contributed by atoms with E-state index >= 15 is 0 Å². The first kappa shape index (κ1) is 36.0. The largest absolute Gasteiger partial charge is 0.487 e. The number of hydrogen-bond donors (Lipinski definition) is 2. The fourth-order valence-electron chi connectivity index (χ4n) is 9.20. The van der Waals surface area contributed by atoms with Crippen molar-refractivity contribution in [2.75, 3.05) is 63.8 Å². The maximum atomic E-state index is 13.6. The summed E-state index contributed by atoms with van der Waals surface area (Å²) in [5, 5.41) is 3.68. The van der Waals surface area contributed by atoms with Gasteiger partial charge in [-0.1, -0.05) is 31.0 Å². The Morgan fingerprint density at radius 1 is 0.920 bits per heavy atom. The van der Waals surface area contributed by atoms with Gasteiger partial charge in [0.25, 0.3) is 5.91 Å². The Hall–Kier alpha value is -2.37. The monoisotopic (exact) mass is 725 g/mol. The van der Waals surface area contributed by atoms with Gasteiger partial charge in [-0.05, 0) is 117 Å². The predicted molar refractivity (Wildman–Crippen MR) is 201 cm³/mol. The molecule has 0 radical (unpaired) electrons. The molecule has 7 rings (SSSR count). The third kappa shape index (κ3) is 8.15. The molecule has 6 atom stereocenters. The first-order valence-corrected chi connectivity index (χ1v) is 21.1. The van der Waals surface area contributed by atoms with Crippen LogP contribution in [0.15, 0.2) is 36.4 Å². The zero-order valence-corrected chi connectivity index (χ0v) is 31.5. The second-order valence-electron chi connectivity index (χ2n) is 15.8. The fraction of sp³-hybridized carbons (Fsp3) is 0.667. The molecule has 2 N–H and O–H groups in total. The third-order valence-corrected chi connectivity index (χ3v) is 14.8. The van der Waals surface area contributed by atoms with E-state index in [1.165, 1.54) is 18.4 Å². The molecule has 2 bridgehead atoms. The van der Waals surface area contributed by atoms with E-state index in [-0.39, 0.29) is 5.92 Å². The van der Waals surface area contributed by atoms with Crippen molar-refractivity contribution in [3.8, 4) is 5.75 Å². The second-order valence-corrected chi connectivity index (χ2v) is 18.3. The van der Waals surface area contributed by atoms with Gasteiger partial charge in [0.1, 0.15) is 12.4 Å². The number of halogens is 1. The minimum atomic E-state index is -3.87. The van der Waals surface area contributed by atoms with Crippen LogP contribution in [0.5, 0.6) is 5.75 Å². The summed E-state index contributed by atoms with van der Waals surface area (Å²) in [6.07, 6.45) is 8.35. The number of aryl methyl sites for hydroxylation is 1. The van der Waals surface area contributed by atoms with Crippen molar-refractivity contribution in [3.63, 3.8) is 0 Å². The lowest BCUT2D eigenvalue weighted by molar-refractivity contribution is 0.0209. The minimum absolute atomic E-state index is 0.0584. The van der Waals surface area contributed by atoms with Crippen LogP contribution in [0.4, 0.5) is 5.69 Å². The van der Waals surface area contributed by atoms with Gasteiger partial charge in [-0.2, -0.15) is 0 Å². The highest BCUT2D eigenvalue weighted by atomic mass is 35.5. The van der Waals surface area contributed by atoms with Crippen molar-refractivity contribution in [2.45, 2.75) is 83.1 Å². The molecule has 2 aromatic carbocycles. The lowest BCUT2D eigenvalue weighted by Gasteiger charge is -2.49. The van der Waals surface area contributed by atoms with E-state index in [9.17, 15) is 13.2 Å². The van der Waals surface area contributed by atoms with Crippen molar-refractivity contribution < 1.29 is 17.9 Å². The Kier molecular flexibility index (Phi) is 11.3. The van der Waals surface area contributed by atoms with Crippen molar-refractivity contribution in [3.05, 3.63) is 58.1 Å². The third-order valence-electron chi connectivity index (χ3n) is 12.7. The molecule has 4 aliphatic heterocycles. The lowest BCUT2D eigenvalue weighted by Crippen LogP contribution is -2.61. The SMILES string of the molecule is C[C@@H]1[C@@H](C)CCC[C@@H](CN2CCN3CCNC[C@@H]3C2)[C@@H]2CC[C@H]2CN2CCCCc3cc(Cl)ccc3COc3ccc(cc32)C(=O)NS1(=O)=O. The molecule has 2 saturated heterocycles. The molecule has 1 amide bonds. The molecule has 50 heavy (non-hydrogen) atoms. The average molecular weight is 726 g/mol. The predicted octanol–water partition coefficient (Wildman–Crippen LogP) is 5.56.